The first-order valence-corrected chi connectivity index (χ1v) is 5.18. The minimum Gasteiger partial charge on any atom is -0.381 e. The van der Waals surface area contributed by atoms with Crippen molar-refractivity contribution in [2.75, 3.05) is 5.32 Å². The molecular weight excluding hydrogens is 215 g/mol. The van der Waals surface area contributed by atoms with Gasteiger partial charge in [-0.2, -0.15) is 0 Å². The molecular formula is C14H11FN2. The van der Waals surface area contributed by atoms with Crippen LogP contribution in [0.15, 0.2) is 42.7 Å². The van der Waals surface area contributed by atoms with E-state index in [-0.39, 0.29) is 5.82 Å². The number of pyridine rings is 1. The molecule has 0 fully saturated rings. The van der Waals surface area contributed by atoms with Gasteiger partial charge in [-0.25, -0.2) is 4.39 Å². The summed E-state index contributed by atoms with van der Waals surface area (Å²) in [5, 5.41) is 3.16. The van der Waals surface area contributed by atoms with E-state index in [2.05, 4.69) is 16.2 Å². The predicted molar refractivity (Wildman–Crippen MR) is 65.9 cm³/mol. The second-order valence-electron chi connectivity index (χ2n) is 3.59. The van der Waals surface area contributed by atoms with Crippen LogP contribution in [0.25, 0.3) is 0 Å². The summed E-state index contributed by atoms with van der Waals surface area (Å²) in [4.78, 5) is 3.78. The lowest BCUT2D eigenvalue weighted by molar-refractivity contribution is 0.619. The Morgan fingerprint density at radius 1 is 1.29 bits per heavy atom. The van der Waals surface area contributed by atoms with Gasteiger partial charge >= 0.3 is 0 Å². The number of aromatic nitrogens is 1. The van der Waals surface area contributed by atoms with Crippen LogP contribution in [-0.4, -0.2) is 4.98 Å². The molecule has 84 valence electrons. The highest BCUT2D eigenvalue weighted by Crippen LogP contribution is 2.11. The Balaban J connectivity index is 2.05. The summed E-state index contributed by atoms with van der Waals surface area (Å²) < 4.78 is 12.9. The molecule has 1 N–H and O–H groups in total. The molecule has 0 aliphatic carbocycles. The molecule has 0 unspecified atom stereocenters. The van der Waals surface area contributed by atoms with E-state index in [1.54, 1.807) is 6.20 Å². The van der Waals surface area contributed by atoms with Crippen LogP contribution in [0.2, 0.25) is 0 Å². The molecule has 0 saturated carbocycles. The van der Waals surface area contributed by atoms with Crippen molar-refractivity contribution < 1.29 is 4.39 Å². The highest BCUT2D eigenvalue weighted by molar-refractivity contribution is 5.50. The van der Waals surface area contributed by atoms with E-state index in [0.29, 0.717) is 6.54 Å². The molecule has 0 aliphatic rings. The normalized spacial score (nSPS) is 9.65. The van der Waals surface area contributed by atoms with Gasteiger partial charge in [0.1, 0.15) is 5.82 Å². The molecule has 1 aromatic carbocycles. The second kappa shape index (κ2) is 5.13. The molecule has 1 aromatic heterocycles. The molecule has 0 aliphatic heterocycles. The topological polar surface area (TPSA) is 24.9 Å². The van der Waals surface area contributed by atoms with Crippen molar-refractivity contribution in [3.05, 3.63) is 59.7 Å². The Labute approximate surface area is 99.5 Å². The first-order chi connectivity index (χ1) is 8.28. The zero-order valence-electron chi connectivity index (χ0n) is 9.15. The number of anilines is 1. The van der Waals surface area contributed by atoms with Crippen LogP contribution >= 0.6 is 0 Å². The van der Waals surface area contributed by atoms with Gasteiger partial charge in [0.25, 0.3) is 0 Å². The van der Waals surface area contributed by atoms with Gasteiger partial charge in [0.05, 0.1) is 6.20 Å². The van der Waals surface area contributed by atoms with Gasteiger partial charge in [-0.05, 0) is 29.8 Å². The highest BCUT2D eigenvalue weighted by Gasteiger charge is 1.97. The second-order valence-corrected chi connectivity index (χ2v) is 3.59. The number of nitrogens with zero attached hydrogens (tertiary/aromatic N) is 1. The van der Waals surface area contributed by atoms with Gasteiger partial charge in [-0.15, -0.1) is 6.42 Å². The fourth-order valence-electron chi connectivity index (χ4n) is 1.48. The fraction of sp³-hybridized carbons (Fsp3) is 0.0714. The van der Waals surface area contributed by atoms with Crippen molar-refractivity contribution in [1.82, 2.24) is 4.98 Å². The lowest BCUT2D eigenvalue weighted by Crippen LogP contribution is -2.00. The summed E-state index contributed by atoms with van der Waals surface area (Å²) in [6.07, 6.45) is 8.12. The summed E-state index contributed by atoms with van der Waals surface area (Å²) in [5.41, 5.74) is 2.51. The van der Waals surface area contributed by atoms with Crippen LogP contribution in [0, 0.1) is 18.2 Å². The van der Waals surface area contributed by atoms with Crippen molar-refractivity contribution >= 4 is 5.69 Å². The van der Waals surface area contributed by atoms with Crippen LogP contribution in [-0.2, 0) is 6.54 Å². The number of nitrogens with one attached hydrogen (secondary N) is 1. The first-order valence-electron chi connectivity index (χ1n) is 5.18. The van der Waals surface area contributed by atoms with Crippen LogP contribution < -0.4 is 5.32 Å². The first kappa shape index (κ1) is 11.2. The standard InChI is InChI=1S/C14H11FN2/c1-2-11-4-3-5-14(7-11)17-9-12-6-13(15)10-16-8-12/h1,3-8,10,17H,9H2. The zero-order chi connectivity index (χ0) is 12.1. The van der Waals surface area contributed by atoms with Crippen LogP contribution in [0.4, 0.5) is 10.1 Å². The molecule has 0 saturated heterocycles. The van der Waals surface area contributed by atoms with E-state index in [9.17, 15) is 4.39 Å². The van der Waals surface area contributed by atoms with Crippen molar-refractivity contribution in [2.45, 2.75) is 6.54 Å². The van der Waals surface area contributed by atoms with Gasteiger partial charge in [0.2, 0.25) is 0 Å². The Kier molecular flexibility index (Phi) is 3.37. The zero-order valence-corrected chi connectivity index (χ0v) is 9.15. The van der Waals surface area contributed by atoms with E-state index in [4.69, 9.17) is 6.42 Å². The number of benzene rings is 1. The molecule has 0 atom stereocenters. The minimum absolute atomic E-state index is 0.332. The average molecular weight is 226 g/mol. The Hall–Kier alpha value is -2.34. The molecule has 2 nitrogen and oxygen atoms in total. The van der Waals surface area contributed by atoms with Crippen molar-refractivity contribution in [1.29, 1.82) is 0 Å². The molecule has 3 heteroatoms. The number of halogens is 1. The minimum atomic E-state index is -0.332. The van der Waals surface area contributed by atoms with E-state index in [1.165, 1.54) is 12.3 Å². The van der Waals surface area contributed by atoms with Gasteiger partial charge in [0, 0.05) is 24.0 Å². The van der Waals surface area contributed by atoms with Crippen LogP contribution in [0.1, 0.15) is 11.1 Å². The lowest BCUT2D eigenvalue weighted by atomic mass is 10.2. The van der Waals surface area contributed by atoms with Gasteiger partial charge in [0.15, 0.2) is 0 Å². The maximum Gasteiger partial charge on any atom is 0.141 e. The van der Waals surface area contributed by atoms with Crippen molar-refractivity contribution in [2.24, 2.45) is 0 Å². The molecule has 2 rings (SSSR count). The third-order valence-electron chi connectivity index (χ3n) is 2.29. The molecule has 0 bridgehead atoms. The third kappa shape index (κ3) is 3.05. The summed E-state index contributed by atoms with van der Waals surface area (Å²) in [6.45, 7) is 0.513. The number of rotatable bonds is 3. The summed E-state index contributed by atoms with van der Waals surface area (Å²) >= 11 is 0. The largest absolute Gasteiger partial charge is 0.381 e. The SMILES string of the molecule is C#Cc1cccc(NCc2cncc(F)c2)c1. The fourth-order valence-corrected chi connectivity index (χ4v) is 1.48. The highest BCUT2D eigenvalue weighted by atomic mass is 19.1. The maximum atomic E-state index is 12.9. The van der Waals surface area contributed by atoms with Gasteiger partial charge < -0.3 is 5.32 Å². The van der Waals surface area contributed by atoms with E-state index < -0.39 is 0 Å². The Morgan fingerprint density at radius 3 is 2.94 bits per heavy atom. The molecule has 0 radical (unpaired) electrons. The predicted octanol–water partition coefficient (Wildman–Crippen LogP) is 2.81. The summed E-state index contributed by atoms with van der Waals surface area (Å²) in [5.74, 6) is 2.23. The lowest BCUT2D eigenvalue weighted by Gasteiger charge is -2.06. The number of hydrogen-bond acceptors (Lipinski definition) is 2. The molecule has 0 amide bonds. The van der Waals surface area contributed by atoms with E-state index in [1.807, 2.05) is 24.3 Å². The molecule has 0 spiro atoms. The van der Waals surface area contributed by atoms with E-state index in [0.717, 1.165) is 16.8 Å². The number of hydrogen-bond donors (Lipinski definition) is 1. The van der Waals surface area contributed by atoms with Crippen molar-refractivity contribution in [3.8, 4) is 12.3 Å². The molecule has 17 heavy (non-hydrogen) atoms. The van der Waals surface area contributed by atoms with E-state index >= 15 is 0 Å². The Bertz CT molecular complexity index is 558. The van der Waals surface area contributed by atoms with Gasteiger partial charge in [-0.1, -0.05) is 12.0 Å². The van der Waals surface area contributed by atoms with Gasteiger partial charge in [-0.3, -0.25) is 4.98 Å². The van der Waals surface area contributed by atoms with Crippen molar-refractivity contribution in [3.63, 3.8) is 0 Å². The summed E-state index contributed by atoms with van der Waals surface area (Å²) in [7, 11) is 0. The third-order valence-corrected chi connectivity index (χ3v) is 2.29. The average Bonchev–Trinajstić information content (AvgIpc) is 2.37. The Morgan fingerprint density at radius 2 is 2.18 bits per heavy atom. The smallest absolute Gasteiger partial charge is 0.141 e. The van der Waals surface area contributed by atoms with Crippen LogP contribution in [0.5, 0.6) is 0 Å². The number of terminal acetylenes is 1. The van der Waals surface area contributed by atoms with Crippen LogP contribution in [0.3, 0.4) is 0 Å². The molecule has 1 heterocycles. The summed E-state index contributed by atoms with van der Waals surface area (Å²) in [6, 6.07) is 8.96. The quantitative estimate of drug-likeness (QED) is 0.814. The molecule has 2 aromatic rings. The maximum absolute atomic E-state index is 12.9. The monoisotopic (exact) mass is 226 g/mol.